The lowest BCUT2D eigenvalue weighted by Crippen LogP contribution is -2.31. The van der Waals surface area contributed by atoms with Crippen molar-refractivity contribution < 1.29 is 18.7 Å². The molecule has 32 heavy (non-hydrogen) atoms. The van der Waals surface area contributed by atoms with Crippen LogP contribution < -0.4 is 14.4 Å². The second-order valence-corrected chi connectivity index (χ2v) is 7.22. The summed E-state index contributed by atoms with van der Waals surface area (Å²) in [6.07, 6.45) is 0. The van der Waals surface area contributed by atoms with E-state index >= 15 is 0 Å². The Kier molecular flexibility index (Phi) is 5.72. The Morgan fingerprint density at radius 2 is 1.72 bits per heavy atom. The minimum atomic E-state index is -0.395. The molecule has 0 bridgehead atoms. The molecule has 0 aliphatic rings. The first-order chi connectivity index (χ1) is 15.4. The van der Waals surface area contributed by atoms with E-state index in [-0.39, 0.29) is 12.5 Å². The van der Waals surface area contributed by atoms with E-state index < -0.39 is 5.82 Å². The zero-order valence-electron chi connectivity index (χ0n) is 18.2. The SMILES string of the molecule is COc1ccc(C(=O)N(Cc2nc3nc(C)cc(C)n3n2)c2ccc(F)cc2)cc1OC. The van der Waals surface area contributed by atoms with Gasteiger partial charge in [0.2, 0.25) is 0 Å². The normalized spacial score (nSPS) is 10.9. The summed E-state index contributed by atoms with van der Waals surface area (Å²) in [6, 6.07) is 12.5. The number of carbonyl (C=O) groups is 1. The third kappa shape index (κ3) is 4.09. The molecule has 4 rings (SSSR count). The standard InChI is InChI=1S/C23H22FN5O3/c1-14-11-15(2)29-23(25-14)26-21(27-29)13-28(18-8-6-17(24)7-9-18)22(30)16-5-10-19(31-3)20(12-16)32-4/h5-12H,13H2,1-4H3. The first kappa shape index (κ1) is 21.2. The Bertz CT molecular complexity index is 1290. The molecule has 0 aliphatic carbocycles. The van der Waals surface area contributed by atoms with Crippen molar-refractivity contribution in [2.45, 2.75) is 20.4 Å². The average Bonchev–Trinajstić information content (AvgIpc) is 3.20. The van der Waals surface area contributed by atoms with Crippen molar-refractivity contribution in [2.24, 2.45) is 0 Å². The Morgan fingerprint density at radius 1 is 1.00 bits per heavy atom. The van der Waals surface area contributed by atoms with E-state index in [2.05, 4.69) is 15.1 Å². The minimum Gasteiger partial charge on any atom is -0.493 e. The van der Waals surface area contributed by atoms with Crippen molar-refractivity contribution in [3.8, 4) is 11.5 Å². The zero-order valence-corrected chi connectivity index (χ0v) is 18.2. The third-order valence-corrected chi connectivity index (χ3v) is 4.98. The number of carbonyl (C=O) groups excluding carboxylic acids is 1. The first-order valence-corrected chi connectivity index (χ1v) is 9.89. The van der Waals surface area contributed by atoms with Crippen LogP contribution in [0, 0.1) is 19.7 Å². The molecule has 2 aromatic carbocycles. The number of benzene rings is 2. The van der Waals surface area contributed by atoms with Gasteiger partial charge in [-0.25, -0.2) is 13.9 Å². The van der Waals surface area contributed by atoms with Crippen molar-refractivity contribution in [2.75, 3.05) is 19.1 Å². The van der Waals surface area contributed by atoms with Crippen molar-refractivity contribution in [1.29, 1.82) is 0 Å². The molecule has 0 atom stereocenters. The van der Waals surface area contributed by atoms with Gasteiger partial charge in [-0.3, -0.25) is 4.79 Å². The number of halogens is 1. The maximum absolute atomic E-state index is 13.5. The Labute approximate surface area is 184 Å². The van der Waals surface area contributed by atoms with Crippen LogP contribution in [0.25, 0.3) is 5.78 Å². The van der Waals surface area contributed by atoms with Crippen molar-refractivity contribution in [3.63, 3.8) is 0 Å². The Morgan fingerprint density at radius 3 is 2.41 bits per heavy atom. The van der Waals surface area contributed by atoms with Gasteiger partial charge >= 0.3 is 0 Å². The molecule has 0 saturated carbocycles. The molecule has 4 aromatic rings. The summed E-state index contributed by atoms with van der Waals surface area (Å²) in [7, 11) is 3.03. The van der Waals surface area contributed by atoms with Gasteiger partial charge in [-0.2, -0.15) is 4.98 Å². The number of rotatable bonds is 6. The second-order valence-electron chi connectivity index (χ2n) is 7.22. The molecule has 1 amide bonds. The number of amides is 1. The molecule has 2 aromatic heterocycles. The molecule has 0 aliphatic heterocycles. The van der Waals surface area contributed by atoms with Gasteiger partial charge in [0.05, 0.1) is 20.8 Å². The third-order valence-electron chi connectivity index (χ3n) is 4.98. The van der Waals surface area contributed by atoms with Gasteiger partial charge in [-0.1, -0.05) is 0 Å². The smallest absolute Gasteiger partial charge is 0.258 e. The fourth-order valence-electron chi connectivity index (χ4n) is 3.44. The molecular formula is C23H22FN5O3. The number of nitrogens with zero attached hydrogens (tertiary/aromatic N) is 5. The summed E-state index contributed by atoms with van der Waals surface area (Å²) in [6.45, 7) is 3.86. The number of aromatic nitrogens is 4. The minimum absolute atomic E-state index is 0.0701. The van der Waals surface area contributed by atoms with Gasteiger partial charge in [0, 0.05) is 22.6 Å². The largest absolute Gasteiger partial charge is 0.493 e. The molecule has 8 nitrogen and oxygen atoms in total. The maximum atomic E-state index is 13.5. The van der Waals surface area contributed by atoms with Gasteiger partial charge in [0.15, 0.2) is 17.3 Å². The van der Waals surface area contributed by atoms with Crippen LogP contribution in [-0.4, -0.2) is 39.7 Å². The summed E-state index contributed by atoms with van der Waals surface area (Å²) >= 11 is 0. The molecule has 0 unspecified atom stereocenters. The highest BCUT2D eigenvalue weighted by Crippen LogP contribution is 2.29. The molecule has 164 valence electrons. The second kappa shape index (κ2) is 8.62. The number of anilines is 1. The predicted molar refractivity (Wildman–Crippen MR) is 117 cm³/mol. The summed E-state index contributed by atoms with van der Waals surface area (Å²) in [4.78, 5) is 23.9. The summed E-state index contributed by atoms with van der Waals surface area (Å²) < 4.78 is 25.8. The molecule has 0 N–H and O–H groups in total. The highest BCUT2D eigenvalue weighted by atomic mass is 19.1. The van der Waals surface area contributed by atoms with E-state index in [0.29, 0.717) is 34.4 Å². The number of ether oxygens (including phenoxy) is 2. The quantitative estimate of drug-likeness (QED) is 0.459. The van der Waals surface area contributed by atoms with Crippen molar-refractivity contribution in [1.82, 2.24) is 19.6 Å². The fraction of sp³-hybridized carbons (Fsp3) is 0.217. The van der Waals surface area contributed by atoms with Gasteiger partial charge in [0.25, 0.3) is 11.7 Å². The number of fused-ring (bicyclic) bond motifs is 1. The number of aryl methyl sites for hydroxylation is 2. The monoisotopic (exact) mass is 435 g/mol. The molecule has 9 heteroatoms. The summed E-state index contributed by atoms with van der Waals surface area (Å²) in [5.74, 6) is 1.08. The molecule has 2 heterocycles. The lowest BCUT2D eigenvalue weighted by atomic mass is 10.1. The van der Waals surface area contributed by atoms with E-state index in [4.69, 9.17) is 9.47 Å². The van der Waals surface area contributed by atoms with Gasteiger partial charge in [-0.05, 0) is 62.4 Å². The number of hydrogen-bond donors (Lipinski definition) is 0. The molecule has 0 spiro atoms. The van der Waals surface area contributed by atoms with E-state index in [1.165, 1.54) is 43.4 Å². The summed E-state index contributed by atoms with van der Waals surface area (Å²) in [5.41, 5.74) is 2.59. The fourth-order valence-corrected chi connectivity index (χ4v) is 3.44. The van der Waals surface area contributed by atoms with Crippen molar-refractivity contribution in [3.05, 3.63) is 77.1 Å². The van der Waals surface area contributed by atoms with Crippen molar-refractivity contribution >= 4 is 17.4 Å². The molecule has 0 fully saturated rings. The van der Waals surface area contributed by atoms with Crippen LogP contribution >= 0.6 is 0 Å². The lowest BCUT2D eigenvalue weighted by molar-refractivity contribution is 0.0984. The average molecular weight is 435 g/mol. The topological polar surface area (TPSA) is 81.9 Å². The van der Waals surface area contributed by atoms with Crippen LogP contribution in [0.1, 0.15) is 27.6 Å². The molecule has 0 radical (unpaired) electrons. The van der Waals surface area contributed by atoms with Crippen LogP contribution in [0.3, 0.4) is 0 Å². The van der Waals surface area contributed by atoms with E-state index in [9.17, 15) is 9.18 Å². The predicted octanol–water partition coefficient (Wildman–Crippen LogP) is 3.74. The van der Waals surface area contributed by atoms with Gasteiger partial charge < -0.3 is 14.4 Å². The van der Waals surface area contributed by atoms with Gasteiger partial charge in [-0.15, -0.1) is 5.10 Å². The van der Waals surface area contributed by atoms with Crippen LogP contribution in [0.4, 0.5) is 10.1 Å². The van der Waals surface area contributed by atoms with Crippen LogP contribution in [0.2, 0.25) is 0 Å². The van der Waals surface area contributed by atoms with E-state index in [1.54, 1.807) is 22.7 Å². The van der Waals surface area contributed by atoms with Crippen LogP contribution in [-0.2, 0) is 6.54 Å². The molecular weight excluding hydrogens is 413 g/mol. The van der Waals surface area contributed by atoms with E-state index in [0.717, 1.165) is 11.4 Å². The van der Waals surface area contributed by atoms with Gasteiger partial charge in [0.1, 0.15) is 5.82 Å². The summed E-state index contributed by atoms with van der Waals surface area (Å²) in [5, 5.41) is 4.50. The zero-order chi connectivity index (χ0) is 22.8. The number of hydrogen-bond acceptors (Lipinski definition) is 6. The number of methoxy groups -OCH3 is 2. The van der Waals surface area contributed by atoms with Crippen LogP contribution in [0.15, 0.2) is 48.5 Å². The maximum Gasteiger partial charge on any atom is 0.258 e. The first-order valence-electron chi connectivity index (χ1n) is 9.89. The molecule has 0 saturated heterocycles. The Hall–Kier alpha value is -4.01. The Balaban J connectivity index is 1.75. The lowest BCUT2D eigenvalue weighted by Gasteiger charge is -2.22. The van der Waals surface area contributed by atoms with E-state index in [1.807, 2.05) is 19.9 Å². The highest BCUT2D eigenvalue weighted by Gasteiger charge is 2.22. The highest BCUT2D eigenvalue weighted by molar-refractivity contribution is 6.06. The van der Waals surface area contributed by atoms with Crippen LogP contribution in [0.5, 0.6) is 11.5 Å².